The second-order valence-corrected chi connectivity index (χ2v) is 3.50. The van der Waals surface area contributed by atoms with Gasteiger partial charge in [0.2, 0.25) is 0 Å². The molecule has 0 spiro atoms. The van der Waals surface area contributed by atoms with Crippen LogP contribution in [0.25, 0.3) is 0 Å². The van der Waals surface area contributed by atoms with Gasteiger partial charge in [-0.3, -0.25) is 9.80 Å². The lowest BCUT2D eigenvalue weighted by molar-refractivity contribution is -0.137. The first-order valence-electron chi connectivity index (χ1n) is 5.21. The molecule has 0 rings (SSSR count). The maximum absolute atomic E-state index is 10.9. The van der Waals surface area contributed by atoms with Gasteiger partial charge in [0.15, 0.2) is 0 Å². The second-order valence-electron chi connectivity index (χ2n) is 3.50. The van der Waals surface area contributed by atoms with E-state index < -0.39 is 18.9 Å². The van der Waals surface area contributed by atoms with Crippen LogP contribution in [0.2, 0.25) is 0 Å². The summed E-state index contributed by atoms with van der Waals surface area (Å²) >= 11 is 0. The Balaban J connectivity index is 3.58. The van der Waals surface area contributed by atoms with Crippen molar-refractivity contribution in [2.24, 2.45) is 10.5 Å². The van der Waals surface area contributed by atoms with Crippen LogP contribution in [-0.2, 0) is 19.1 Å². The Hall–Kier alpha value is -2.06. The smallest absolute Gasteiger partial charge is 0.481 e. The maximum Gasteiger partial charge on any atom is 0.511 e. The maximum atomic E-state index is 10.9. The fourth-order valence-electron chi connectivity index (χ4n) is 0.715. The molecule has 1 N–H and O–H groups in total. The fraction of sp³-hybridized carbons (Fsp3) is 0.778. The highest BCUT2D eigenvalue weighted by Gasteiger charge is 2.05. The lowest BCUT2D eigenvalue weighted by atomic mass is 10.4. The Bertz CT molecular complexity index is 294. The fourth-order valence-corrected chi connectivity index (χ4v) is 0.715. The van der Waals surface area contributed by atoms with E-state index in [0.29, 0.717) is 0 Å². The van der Waals surface area contributed by atoms with Crippen molar-refractivity contribution in [2.45, 2.75) is 26.4 Å². The van der Waals surface area contributed by atoms with Crippen molar-refractivity contribution in [3.8, 4) is 0 Å². The molecule has 0 amide bonds. The van der Waals surface area contributed by atoms with Crippen molar-refractivity contribution in [3.63, 3.8) is 0 Å². The number of hydrogen-bond acceptors (Lipinski definition) is 7. The molecule has 0 aromatic heterocycles. The molecule has 0 unspecified atom stereocenters. The minimum absolute atomic E-state index is 0.0628. The molecule has 0 saturated heterocycles. The van der Waals surface area contributed by atoms with Crippen LogP contribution >= 0.6 is 0 Å². The lowest BCUT2D eigenvalue weighted by Crippen LogP contribution is -2.16. The van der Waals surface area contributed by atoms with Gasteiger partial charge < -0.3 is 19.4 Å². The van der Waals surface area contributed by atoms with Crippen molar-refractivity contribution >= 4 is 12.1 Å². The SMILES string of the molecule is CC(C)OC(=O)OCON=NN(C)CCC(=O)O. The highest BCUT2D eigenvalue weighted by molar-refractivity contribution is 5.66. The minimum atomic E-state index is -0.933. The van der Waals surface area contributed by atoms with E-state index >= 15 is 0 Å². The van der Waals surface area contributed by atoms with E-state index in [0.717, 1.165) is 0 Å². The summed E-state index contributed by atoms with van der Waals surface area (Å²) in [5, 5.41) is 16.4. The zero-order valence-electron chi connectivity index (χ0n) is 10.5. The van der Waals surface area contributed by atoms with Crippen LogP contribution in [0, 0.1) is 0 Å². The Morgan fingerprint density at radius 1 is 1.39 bits per heavy atom. The first kappa shape index (κ1) is 15.9. The third-order valence-electron chi connectivity index (χ3n) is 1.46. The van der Waals surface area contributed by atoms with Gasteiger partial charge in [0.25, 0.3) is 6.79 Å². The van der Waals surface area contributed by atoms with Crippen LogP contribution in [0.1, 0.15) is 20.3 Å². The van der Waals surface area contributed by atoms with Gasteiger partial charge in [-0.2, -0.15) is 0 Å². The number of ether oxygens (including phenoxy) is 2. The molecule has 9 heteroatoms. The van der Waals surface area contributed by atoms with Crippen LogP contribution in [0.3, 0.4) is 0 Å². The number of carbonyl (C=O) groups is 2. The Morgan fingerprint density at radius 2 is 2.06 bits per heavy atom. The van der Waals surface area contributed by atoms with Crippen LogP contribution in [-0.4, -0.2) is 48.7 Å². The zero-order valence-corrected chi connectivity index (χ0v) is 10.5. The number of carboxylic acids is 1. The average molecular weight is 263 g/mol. The monoisotopic (exact) mass is 263 g/mol. The number of carbonyl (C=O) groups excluding carboxylic acids is 1. The summed E-state index contributed by atoms with van der Waals surface area (Å²) in [6, 6.07) is 0. The molecule has 18 heavy (non-hydrogen) atoms. The number of carboxylic acid groups (broad SMARTS) is 1. The molecule has 0 saturated carbocycles. The molecule has 0 radical (unpaired) electrons. The number of aliphatic carboxylic acids is 1. The first-order valence-corrected chi connectivity index (χ1v) is 5.21. The normalized spacial score (nSPS) is 10.4. The van der Waals surface area contributed by atoms with Crippen LogP contribution in [0.5, 0.6) is 0 Å². The molecule has 0 aromatic rings. The van der Waals surface area contributed by atoms with Gasteiger partial charge in [-0.05, 0) is 19.1 Å². The Kier molecular flexibility index (Phi) is 7.99. The molecule has 0 fully saturated rings. The van der Waals surface area contributed by atoms with E-state index in [1.54, 1.807) is 13.8 Å². The Morgan fingerprint density at radius 3 is 2.61 bits per heavy atom. The molecule has 0 aliphatic heterocycles. The van der Waals surface area contributed by atoms with E-state index in [4.69, 9.17) is 5.11 Å². The van der Waals surface area contributed by atoms with E-state index in [-0.39, 0.29) is 19.1 Å². The third-order valence-corrected chi connectivity index (χ3v) is 1.46. The summed E-state index contributed by atoms with van der Waals surface area (Å²) in [5.41, 5.74) is 0. The highest BCUT2D eigenvalue weighted by Crippen LogP contribution is 1.94. The summed E-state index contributed by atoms with van der Waals surface area (Å²) in [7, 11) is 1.53. The average Bonchev–Trinajstić information content (AvgIpc) is 2.24. The second kappa shape index (κ2) is 9.02. The van der Waals surface area contributed by atoms with Gasteiger partial charge in [0, 0.05) is 18.9 Å². The van der Waals surface area contributed by atoms with E-state index in [2.05, 4.69) is 24.8 Å². The first-order chi connectivity index (χ1) is 8.41. The lowest BCUT2D eigenvalue weighted by Gasteiger charge is -2.09. The van der Waals surface area contributed by atoms with Crippen molar-refractivity contribution in [3.05, 3.63) is 0 Å². The standard InChI is InChI=1S/C9H17N3O6/c1-7(2)18-9(15)16-6-17-11-10-12(3)5-4-8(13)14/h7H,4-6H2,1-3H3,(H,13,14). The molecule has 104 valence electrons. The van der Waals surface area contributed by atoms with Crippen LogP contribution < -0.4 is 0 Å². The summed E-state index contributed by atoms with van der Waals surface area (Å²) in [6.45, 7) is 3.12. The molecular formula is C9H17N3O6. The quantitative estimate of drug-likeness (QED) is 0.230. The van der Waals surface area contributed by atoms with Gasteiger partial charge in [-0.15, -0.1) is 0 Å². The predicted octanol–water partition coefficient (Wildman–Crippen LogP) is 1.21. The van der Waals surface area contributed by atoms with Crippen molar-refractivity contribution in [1.29, 1.82) is 0 Å². The van der Waals surface area contributed by atoms with Crippen LogP contribution in [0.15, 0.2) is 10.5 Å². The van der Waals surface area contributed by atoms with E-state index in [1.165, 1.54) is 12.1 Å². The van der Waals surface area contributed by atoms with Crippen molar-refractivity contribution in [2.75, 3.05) is 20.4 Å². The molecule has 0 heterocycles. The highest BCUT2D eigenvalue weighted by atomic mass is 16.8. The number of hydrogen-bond donors (Lipinski definition) is 1. The van der Waals surface area contributed by atoms with Gasteiger partial charge in [0.05, 0.1) is 12.5 Å². The van der Waals surface area contributed by atoms with E-state index in [9.17, 15) is 9.59 Å². The summed E-state index contributed by atoms with van der Waals surface area (Å²) in [5.74, 6) is -0.933. The van der Waals surface area contributed by atoms with Gasteiger partial charge in [0.1, 0.15) is 0 Å². The largest absolute Gasteiger partial charge is 0.511 e. The van der Waals surface area contributed by atoms with Gasteiger partial charge in [-0.1, -0.05) is 0 Å². The van der Waals surface area contributed by atoms with E-state index in [1.807, 2.05) is 0 Å². The summed E-state index contributed by atoms with van der Waals surface area (Å²) < 4.78 is 9.14. The Labute approximate surface area is 104 Å². The zero-order chi connectivity index (χ0) is 14.0. The third kappa shape index (κ3) is 10.5. The minimum Gasteiger partial charge on any atom is -0.481 e. The van der Waals surface area contributed by atoms with Gasteiger partial charge >= 0.3 is 12.1 Å². The van der Waals surface area contributed by atoms with Gasteiger partial charge in [-0.25, -0.2) is 4.79 Å². The molecule has 0 aromatic carbocycles. The van der Waals surface area contributed by atoms with Crippen LogP contribution in [0.4, 0.5) is 4.79 Å². The number of rotatable bonds is 8. The van der Waals surface area contributed by atoms with Crippen molar-refractivity contribution in [1.82, 2.24) is 5.01 Å². The molecule has 0 atom stereocenters. The van der Waals surface area contributed by atoms with Crippen molar-refractivity contribution < 1.29 is 29.0 Å². The summed E-state index contributed by atoms with van der Waals surface area (Å²) in [6.07, 6.45) is -1.20. The summed E-state index contributed by atoms with van der Waals surface area (Å²) in [4.78, 5) is 25.6. The molecule has 0 aliphatic rings. The topological polar surface area (TPSA) is 110 Å². The molecule has 0 aliphatic carbocycles. The molecule has 0 bridgehead atoms. The molecular weight excluding hydrogens is 246 g/mol. The molecule has 9 nitrogen and oxygen atoms in total. The predicted molar refractivity (Wildman–Crippen MR) is 58.4 cm³/mol. The number of nitrogens with zero attached hydrogens (tertiary/aromatic N) is 3.